The highest BCUT2D eigenvalue weighted by molar-refractivity contribution is 5.89. The van der Waals surface area contributed by atoms with Gasteiger partial charge in [0, 0.05) is 5.57 Å². The van der Waals surface area contributed by atoms with E-state index in [1.807, 2.05) is 12.2 Å². The summed E-state index contributed by atoms with van der Waals surface area (Å²) in [5.41, 5.74) is 0.781. The molecule has 0 bridgehead atoms. The highest BCUT2D eigenvalue weighted by Crippen LogP contribution is 2.25. The average Bonchev–Trinajstić information content (AvgIpc) is 2.17. The van der Waals surface area contributed by atoms with Gasteiger partial charge in [-0.05, 0) is 18.3 Å². The molecule has 1 unspecified atom stereocenters. The Bertz CT molecular complexity index is 249. The lowest BCUT2D eigenvalue weighted by atomic mass is 9.86. The van der Waals surface area contributed by atoms with Crippen LogP contribution in [0.25, 0.3) is 0 Å². The maximum atomic E-state index is 11.2. The topological polar surface area (TPSA) is 26.3 Å². The van der Waals surface area contributed by atoms with Gasteiger partial charge in [0.05, 0.1) is 7.11 Å². The largest absolute Gasteiger partial charge is 0.466 e. The first kappa shape index (κ1) is 10.0. The lowest BCUT2D eigenvalue weighted by Crippen LogP contribution is -2.14. The second kappa shape index (κ2) is 4.26. The van der Waals surface area contributed by atoms with E-state index < -0.39 is 0 Å². The van der Waals surface area contributed by atoms with E-state index in [9.17, 15) is 4.79 Å². The normalized spacial score (nSPS) is 21.5. The van der Waals surface area contributed by atoms with Crippen molar-refractivity contribution in [2.45, 2.75) is 20.3 Å². The SMILES string of the molecule is COC(=O)C1=CC=CC(C(C)C)C1. The van der Waals surface area contributed by atoms with Crippen molar-refractivity contribution in [3.05, 3.63) is 23.8 Å². The Hall–Kier alpha value is -1.05. The van der Waals surface area contributed by atoms with Crippen molar-refractivity contribution in [1.82, 2.24) is 0 Å². The van der Waals surface area contributed by atoms with E-state index in [2.05, 4.69) is 24.7 Å². The summed E-state index contributed by atoms with van der Waals surface area (Å²) in [7, 11) is 1.42. The minimum Gasteiger partial charge on any atom is -0.466 e. The molecule has 0 N–H and O–H groups in total. The highest BCUT2D eigenvalue weighted by Gasteiger charge is 2.19. The van der Waals surface area contributed by atoms with E-state index >= 15 is 0 Å². The van der Waals surface area contributed by atoms with Gasteiger partial charge in [-0.25, -0.2) is 4.79 Å². The first-order valence-corrected chi connectivity index (χ1v) is 4.61. The summed E-state index contributed by atoms with van der Waals surface area (Å²) in [4.78, 5) is 11.2. The zero-order valence-electron chi connectivity index (χ0n) is 8.41. The van der Waals surface area contributed by atoms with Crippen LogP contribution in [-0.2, 0) is 9.53 Å². The molecule has 0 fully saturated rings. The van der Waals surface area contributed by atoms with Gasteiger partial charge in [0.2, 0.25) is 0 Å². The summed E-state index contributed by atoms with van der Waals surface area (Å²) in [6.45, 7) is 4.32. The maximum absolute atomic E-state index is 11.2. The van der Waals surface area contributed by atoms with Crippen LogP contribution in [0.3, 0.4) is 0 Å². The predicted molar refractivity (Wildman–Crippen MR) is 52.2 cm³/mol. The average molecular weight is 180 g/mol. The van der Waals surface area contributed by atoms with Crippen LogP contribution >= 0.6 is 0 Å². The third kappa shape index (κ3) is 2.44. The summed E-state index contributed by atoms with van der Waals surface area (Å²) in [5.74, 6) is 0.846. The zero-order valence-corrected chi connectivity index (χ0v) is 8.41. The number of rotatable bonds is 2. The van der Waals surface area contributed by atoms with Gasteiger partial charge in [0.15, 0.2) is 0 Å². The van der Waals surface area contributed by atoms with Crippen molar-refractivity contribution >= 4 is 5.97 Å². The monoisotopic (exact) mass is 180 g/mol. The van der Waals surface area contributed by atoms with Crippen LogP contribution in [0.15, 0.2) is 23.8 Å². The molecule has 0 saturated heterocycles. The highest BCUT2D eigenvalue weighted by atomic mass is 16.5. The smallest absolute Gasteiger partial charge is 0.333 e. The van der Waals surface area contributed by atoms with Gasteiger partial charge >= 0.3 is 5.97 Å². The molecule has 0 radical (unpaired) electrons. The van der Waals surface area contributed by atoms with E-state index in [0.29, 0.717) is 11.8 Å². The molecule has 0 spiro atoms. The zero-order chi connectivity index (χ0) is 9.84. The van der Waals surface area contributed by atoms with E-state index in [1.165, 1.54) is 7.11 Å². The number of carbonyl (C=O) groups excluding carboxylic acids is 1. The molecule has 72 valence electrons. The fourth-order valence-electron chi connectivity index (χ4n) is 1.44. The van der Waals surface area contributed by atoms with E-state index in [1.54, 1.807) is 0 Å². The quantitative estimate of drug-likeness (QED) is 0.609. The third-order valence-corrected chi connectivity index (χ3v) is 2.42. The fourth-order valence-corrected chi connectivity index (χ4v) is 1.44. The van der Waals surface area contributed by atoms with Gasteiger partial charge in [0.1, 0.15) is 0 Å². The maximum Gasteiger partial charge on any atom is 0.333 e. The molecule has 0 amide bonds. The van der Waals surface area contributed by atoms with Gasteiger partial charge in [0.25, 0.3) is 0 Å². The summed E-state index contributed by atoms with van der Waals surface area (Å²) >= 11 is 0. The van der Waals surface area contributed by atoms with Crippen molar-refractivity contribution in [2.24, 2.45) is 11.8 Å². The van der Waals surface area contributed by atoms with Crippen LogP contribution in [0.1, 0.15) is 20.3 Å². The van der Waals surface area contributed by atoms with Crippen molar-refractivity contribution in [3.63, 3.8) is 0 Å². The number of ether oxygens (including phenoxy) is 1. The van der Waals surface area contributed by atoms with Crippen LogP contribution in [0, 0.1) is 11.8 Å². The van der Waals surface area contributed by atoms with Crippen LogP contribution in [0.5, 0.6) is 0 Å². The molecule has 2 heteroatoms. The molecule has 1 aliphatic rings. The molecule has 1 aliphatic carbocycles. The molecule has 0 saturated carbocycles. The number of hydrogen-bond donors (Lipinski definition) is 0. The molecular formula is C11H16O2. The Morgan fingerprint density at radius 1 is 1.62 bits per heavy atom. The van der Waals surface area contributed by atoms with Crippen LogP contribution in [-0.4, -0.2) is 13.1 Å². The Morgan fingerprint density at radius 2 is 2.31 bits per heavy atom. The number of allylic oxidation sites excluding steroid dienone is 3. The Morgan fingerprint density at radius 3 is 2.85 bits per heavy atom. The van der Waals surface area contributed by atoms with Gasteiger partial charge in [-0.2, -0.15) is 0 Å². The van der Waals surface area contributed by atoms with Crippen LogP contribution in [0.2, 0.25) is 0 Å². The summed E-state index contributed by atoms with van der Waals surface area (Å²) < 4.78 is 4.68. The molecule has 2 nitrogen and oxygen atoms in total. The number of esters is 1. The molecule has 0 heterocycles. The molecule has 0 aromatic heterocycles. The lowest BCUT2D eigenvalue weighted by Gasteiger charge is -2.20. The van der Waals surface area contributed by atoms with Gasteiger partial charge in [-0.1, -0.05) is 32.1 Å². The molecule has 0 aromatic carbocycles. The van der Waals surface area contributed by atoms with Crippen LogP contribution < -0.4 is 0 Å². The van der Waals surface area contributed by atoms with E-state index in [0.717, 1.165) is 12.0 Å². The van der Waals surface area contributed by atoms with Gasteiger partial charge in [-0.3, -0.25) is 0 Å². The van der Waals surface area contributed by atoms with E-state index in [-0.39, 0.29) is 5.97 Å². The molecule has 0 aromatic rings. The number of hydrogen-bond acceptors (Lipinski definition) is 2. The molecular weight excluding hydrogens is 164 g/mol. The van der Waals surface area contributed by atoms with E-state index in [4.69, 9.17) is 0 Å². The second-order valence-corrected chi connectivity index (χ2v) is 3.68. The Balaban J connectivity index is 2.66. The molecule has 13 heavy (non-hydrogen) atoms. The number of methoxy groups -OCH3 is 1. The van der Waals surface area contributed by atoms with Crippen molar-refractivity contribution in [2.75, 3.05) is 7.11 Å². The van der Waals surface area contributed by atoms with Gasteiger partial charge < -0.3 is 4.74 Å². The van der Waals surface area contributed by atoms with Crippen LogP contribution in [0.4, 0.5) is 0 Å². The lowest BCUT2D eigenvalue weighted by molar-refractivity contribution is -0.136. The van der Waals surface area contributed by atoms with Gasteiger partial charge in [-0.15, -0.1) is 0 Å². The Labute approximate surface area is 79.3 Å². The minimum absolute atomic E-state index is 0.199. The molecule has 0 aliphatic heterocycles. The molecule has 1 atom stereocenters. The van der Waals surface area contributed by atoms with Crippen molar-refractivity contribution in [1.29, 1.82) is 0 Å². The van der Waals surface area contributed by atoms with Crippen molar-refractivity contribution < 1.29 is 9.53 Å². The summed E-state index contributed by atoms with van der Waals surface area (Å²) in [5, 5.41) is 0. The first-order valence-electron chi connectivity index (χ1n) is 4.61. The minimum atomic E-state index is -0.199. The third-order valence-electron chi connectivity index (χ3n) is 2.42. The Kier molecular flexibility index (Phi) is 3.29. The fraction of sp³-hybridized carbons (Fsp3) is 0.545. The first-order chi connectivity index (χ1) is 6.15. The number of carbonyl (C=O) groups is 1. The predicted octanol–water partition coefficient (Wildman–Crippen LogP) is 2.32. The molecule has 1 rings (SSSR count). The second-order valence-electron chi connectivity index (χ2n) is 3.68. The van der Waals surface area contributed by atoms with Crippen molar-refractivity contribution in [3.8, 4) is 0 Å². The standard InChI is InChI=1S/C11H16O2/c1-8(2)9-5-4-6-10(7-9)11(12)13-3/h4-6,8-9H,7H2,1-3H3. The summed E-state index contributed by atoms with van der Waals surface area (Å²) in [6.07, 6.45) is 6.74. The summed E-state index contributed by atoms with van der Waals surface area (Å²) in [6, 6.07) is 0.